The van der Waals surface area contributed by atoms with Crippen molar-refractivity contribution < 1.29 is 5.11 Å². The van der Waals surface area contributed by atoms with Crippen molar-refractivity contribution in [3.8, 4) is 5.75 Å². The number of aromatic nitrogens is 2. The van der Waals surface area contributed by atoms with Crippen LogP contribution in [0, 0.1) is 6.92 Å². The first kappa shape index (κ1) is 11.9. The van der Waals surface area contributed by atoms with Gasteiger partial charge in [0, 0.05) is 23.6 Å². The van der Waals surface area contributed by atoms with Crippen LogP contribution in [-0.2, 0) is 0 Å². The van der Waals surface area contributed by atoms with E-state index in [1.165, 1.54) is 0 Å². The summed E-state index contributed by atoms with van der Waals surface area (Å²) in [5.41, 5.74) is 1.59. The predicted octanol–water partition coefficient (Wildman–Crippen LogP) is 2.40. The van der Waals surface area contributed by atoms with Crippen LogP contribution < -0.4 is 11.5 Å². The van der Waals surface area contributed by atoms with E-state index in [9.17, 15) is 5.11 Å². The molecule has 5 N–H and O–H groups in total. The molecule has 0 amide bonds. The molecule has 0 aliphatic rings. The molecule has 0 atom stereocenters. The number of anilines is 2. The van der Waals surface area contributed by atoms with Gasteiger partial charge in [0.05, 0.1) is 0 Å². The molecule has 1 aromatic carbocycles. The number of phenolic OH excluding ortho intramolecular Hbond substituents is 1. The normalized spacial score (nSPS) is 9.31. The lowest BCUT2D eigenvalue weighted by Crippen LogP contribution is -1.97. The average Bonchev–Trinajstić information content (AvgIpc) is 2.26. The van der Waals surface area contributed by atoms with Gasteiger partial charge in [0.25, 0.3) is 0 Å². The molecule has 2 aromatic rings. The molecule has 0 radical (unpaired) electrons. The van der Waals surface area contributed by atoms with Crippen molar-refractivity contribution in [1.29, 1.82) is 0 Å². The predicted molar refractivity (Wildman–Crippen MR) is 63.2 cm³/mol. The molecule has 5 heteroatoms. The smallest absolute Gasteiger partial charge is 0.227 e. The van der Waals surface area contributed by atoms with Gasteiger partial charge in [-0.15, -0.1) is 0 Å². The van der Waals surface area contributed by atoms with Crippen LogP contribution in [0.25, 0.3) is 0 Å². The Labute approximate surface area is 93.8 Å². The minimum Gasteiger partial charge on any atom is -0.508 e. The number of aromatic hydroxyl groups is 1. The van der Waals surface area contributed by atoms with Gasteiger partial charge in [0.1, 0.15) is 5.75 Å². The highest BCUT2D eigenvalue weighted by Gasteiger charge is 2.03. The molecule has 1 aromatic heterocycles. The maximum atomic E-state index is 9.50. The Morgan fingerprint density at radius 2 is 1.81 bits per heavy atom. The first-order chi connectivity index (χ1) is 7.27. The summed E-state index contributed by atoms with van der Waals surface area (Å²) in [5, 5.41) is 12.5. The van der Waals surface area contributed by atoms with Crippen molar-refractivity contribution in [3.63, 3.8) is 0 Å². The molecule has 0 spiro atoms. The number of hydrogen-bond acceptors (Lipinski definition) is 5. The zero-order chi connectivity index (χ0) is 10.7. The minimum absolute atomic E-state index is 0. The number of hydrogen-bond donors (Lipinski definition) is 3. The molecule has 0 bridgehead atoms. The van der Waals surface area contributed by atoms with Gasteiger partial charge in [0.15, 0.2) is 0 Å². The first-order valence-electron chi connectivity index (χ1n) is 4.60. The Hall–Kier alpha value is -2.14. The van der Waals surface area contributed by atoms with Gasteiger partial charge in [0.2, 0.25) is 5.95 Å². The van der Waals surface area contributed by atoms with Crippen LogP contribution >= 0.6 is 0 Å². The van der Waals surface area contributed by atoms with E-state index < -0.39 is 0 Å². The van der Waals surface area contributed by atoms with Gasteiger partial charge in [-0.2, -0.15) is 0 Å². The van der Waals surface area contributed by atoms with Gasteiger partial charge >= 0.3 is 0 Å². The summed E-state index contributed by atoms with van der Waals surface area (Å²) in [7, 11) is 0. The van der Waals surface area contributed by atoms with Crippen LogP contribution in [0.1, 0.15) is 5.56 Å². The number of rotatable bonds is 2. The highest BCUT2D eigenvalue weighted by atomic mass is 16.3. The van der Waals surface area contributed by atoms with Crippen LogP contribution in [-0.4, -0.2) is 15.1 Å². The number of benzene rings is 1. The quantitative estimate of drug-likeness (QED) is 0.719. The van der Waals surface area contributed by atoms with Gasteiger partial charge in [-0.05, 0) is 25.1 Å². The fourth-order valence-corrected chi connectivity index (χ4v) is 1.24. The summed E-state index contributed by atoms with van der Waals surface area (Å²) in [6, 6.07) is 7.03. The topological polar surface area (TPSA) is 93.0 Å². The SMILES string of the molecule is Cc1c(O)cccc1Nc1ncccn1.N. The zero-order valence-electron chi connectivity index (χ0n) is 9.01. The molecule has 0 unspecified atom stereocenters. The van der Waals surface area contributed by atoms with Gasteiger partial charge in [-0.1, -0.05) is 6.07 Å². The van der Waals surface area contributed by atoms with Crippen molar-refractivity contribution in [2.45, 2.75) is 6.92 Å². The third kappa shape index (κ3) is 2.46. The number of nitrogens with one attached hydrogen (secondary N) is 1. The summed E-state index contributed by atoms with van der Waals surface area (Å²) in [4.78, 5) is 8.08. The molecule has 0 fully saturated rings. The van der Waals surface area contributed by atoms with Crippen LogP contribution in [0.5, 0.6) is 5.75 Å². The lowest BCUT2D eigenvalue weighted by atomic mass is 10.2. The molecule has 5 nitrogen and oxygen atoms in total. The van der Waals surface area contributed by atoms with Crippen LogP contribution in [0.2, 0.25) is 0 Å². The fourth-order valence-electron chi connectivity index (χ4n) is 1.24. The summed E-state index contributed by atoms with van der Waals surface area (Å²) in [5.74, 6) is 0.780. The summed E-state index contributed by atoms with van der Waals surface area (Å²) in [6.45, 7) is 1.83. The van der Waals surface area contributed by atoms with Gasteiger partial charge in [-0.3, -0.25) is 0 Å². The standard InChI is InChI=1S/C11H11N3O.H3N/c1-8-9(4-2-5-10(8)15)14-11-12-6-3-7-13-11;/h2-7,15H,1H3,(H,12,13,14);1H3. The molecule has 84 valence electrons. The Balaban J connectivity index is 0.00000128. The number of phenols is 1. The second-order valence-corrected chi connectivity index (χ2v) is 3.15. The van der Waals surface area contributed by atoms with Crippen molar-refractivity contribution in [3.05, 3.63) is 42.2 Å². The maximum Gasteiger partial charge on any atom is 0.227 e. The average molecular weight is 218 g/mol. The van der Waals surface area contributed by atoms with E-state index in [2.05, 4.69) is 15.3 Å². The second kappa shape index (κ2) is 5.09. The zero-order valence-corrected chi connectivity index (χ0v) is 9.01. The second-order valence-electron chi connectivity index (χ2n) is 3.15. The molecular weight excluding hydrogens is 204 g/mol. The van der Waals surface area contributed by atoms with Crippen molar-refractivity contribution in [1.82, 2.24) is 16.1 Å². The van der Waals surface area contributed by atoms with Crippen LogP contribution in [0.4, 0.5) is 11.6 Å². The molecule has 16 heavy (non-hydrogen) atoms. The molecule has 2 rings (SSSR count). The Kier molecular flexibility index (Phi) is 3.79. The summed E-state index contributed by atoms with van der Waals surface area (Å²) >= 11 is 0. The van der Waals surface area contributed by atoms with E-state index in [0.717, 1.165) is 11.3 Å². The lowest BCUT2D eigenvalue weighted by Gasteiger charge is -2.08. The third-order valence-electron chi connectivity index (χ3n) is 2.12. The van der Waals surface area contributed by atoms with E-state index in [1.807, 2.05) is 13.0 Å². The Bertz CT molecular complexity index is 459. The summed E-state index contributed by atoms with van der Waals surface area (Å²) < 4.78 is 0. The van der Waals surface area contributed by atoms with E-state index in [4.69, 9.17) is 0 Å². The van der Waals surface area contributed by atoms with Crippen molar-refractivity contribution in [2.24, 2.45) is 0 Å². The van der Waals surface area contributed by atoms with Gasteiger partial charge < -0.3 is 16.6 Å². The van der Waals surface area contributed by atoms with E-state index >= 15 is 0 Å². The van der Waals surface area contributed by atoms with Crippen molar-refractivity contribution >= 4 is 11.6 Å². The fraction of sp³-hybridized carbons (Fsp3) is 0.0909. The van der Waals surface area contributed by atoms with Crippen molar-refractivity contribution in [2.75, 3.05) is 5.32 Å². The maximum absolute atomic E-state index is 9.50. The Morgan fingerprint density at radius 3 is 2.50 bits per heavy atom. The largest absolute Gasteiger partial charge is 0.508 e. The molecule has 0 aliphatic carbocycles. The lowest BCUT2D eigenvalue weighted by molar-refractivity contribution is 0.471. The monoisotopic (exact) mass is 218 g/mol. The van der Waals surface area contributed by atoms with Gasteiger partial charge in [-0.25, -0.2) is 9.97 Å². The highest BCUT2D eigenvalue weighted by Crippen LogP contribution is 2.25. The van der Waals surface area contributed by atoms with Crippen LogP contribution in [0.3, 0.4) is 0 Å². The van der Waals surface area contributed by atoms with E-state index in [0.29, 0.717) is 5.95 Å². The molecule has 0 saturated carbocycles. The molecular formula is C11H14N4O. The highest BCUT2D eigenvalue weighted by molar-refractivity contribution is 5.61. The van der Waals surface area contributed by atoms with Crippen LogP contribution in [0.15, 0.2) is 36.7 Å². The molecule has 1 heterocycles. The van der Waals surface area contributed by atoms with E-state index in [1.54, 1.807) is 30.6 Å². The first-order valence-corrected chi connectivity index (χ1v) is 4.60. The minimum atomic E-state index is 0. The molecule has 0 saturated heterocycles. The Morgan fingerprint density at radius 1 is 1.12 bits per heavy atom. The number of nitrogens with zero attached hydrogens (tertiary/aromatic N) is 2. The summed E-state index contributed by atoms with van der Waals surface area (Å²) in [6.07, 6.45) is 3.32. The third-order valence-corrected chi connectivity index (χ3v) is 2.12. The van der Waals surface area contributed by atoms with E-state index in [-0.39, 0.29) is 11.9 Å². The molecule has 0 aliphatic heterocycles.